The van der Waals surface area contributed by atoms with Crippen LogP contribution < -0.4 is 5.73 Å². The summed E-state index contributed by atoms with van der Waals surface area (Å²) in [7, 11) is 0. The maximum atomic E-state index is 12.3. The van der Waals surface area contributed by atoms with Gasteiger partial charge >= 0.3 is 12.1 Å². The molecule has 5 nitrogen and oxygen atoms in total. The molecule has 4 atom stereocenters. The fraction of sp³-hybridized carbons (Fsp3) is 0.941. The largest absolute Gasteiger partial charge is 0.455 e. The fourth-order valence-corrected chi connectivity index (χ4v) is 2.73. The Morgan fingerprint density at radius 3 is 2.56 bits per heavy atom. The Kier molecular flexibility index (Phi) is 9.16. The zero-order chi connectivity index (χ0) is 19.0. The molecule has 1 heterocycles. The third kappa shape index (κ3) is 8.87. The van der Waals surface area contributed by atoms with Gasteiger partial charge in [0.05, 0.1) is 6.10 Å². The lowest BCUT2D eigenvalue weighted by atomic mass is 10.0. The molecule has 0 aromatic heterocycles. The van der Waals surface area contributed by atoms with Crippen LogP contribution in [0.25, 0.3) is 0 Å². The first-order valence-corrected chi connectivity index (χ1v) is 8.93. The van der Waals surface area contributed by atoms with Crippen LogP contribution in [0.3, 0.4) is 0 Å². The molecule has 0 saturated carbocycles. The van der Waals surface area contributed by atoms with E-state index in [9.17, 15) is 18.0 Å². The average molecular weight is 370 g/mol. The highest BCUT2D eigenvalue weighted by atomic mass is 19.4. The molecule has 8 heteroatoms. The van der Waals surface area contributed by atoms with Gasteiger partial charge in [0.1, 0.15) is 12.2 Å². The minimum absolute atomic E-state index is 0.0542. The summed E-state index contributed by atoms with van der Waals surface area (Å²) < 4.78 is 53.9. The molecule has 1 rings (SSSR count). The number of alkyl halides is 3. The van der Waals surface area contributed by atoms with Crippen molar-refractivity contribution in [3.63, 3.8) is 0 Å². The van der Waals surface area contributed by atoms with Crippen molar-refractivity contribution in [3.05, 3.63) is 0 Å². The van der Waals surface area contributed by atoms with E-state index < -0.39 is 36.8 Å². The number of ether oxygens (including phenoxy) is 3. The van der Waals surface area contributed by atoms with Crippen LogP contribution in [-0.4, -0.2) is 49.7 Å². The molecule has 0 unspecified atom stereocenters. The van der Waals surface area contributed by atoms with Crippen molar-refractivity contribution in [3.8, 4) is 0 Å². The summed E-state index contributed by atoms with van der Waals surface area (Å²) >= 11 is 0. The van der Waals surface area contributed by atoms with Gasteiger partial charge in [-0.2, -0.15) is 13.2 Å². The number of hydrogen-bond donors (Lipinski definition) is 1. The molecule has 25 heavy (non-hydrogen) atoms. The van der Waals surface area contributed by atoms with Crippen molar-refractivity contribution < 1.29 is 37.9 Å². The third-order valence-electron chi connectivity index (χ3n) is 4.06. The second-order valence-corrected chi connectivity index (χ2v) is 7.09. The lowest BCUT2D eigenvalue weighted by Gasteiger charge is -2.31. The first-order valence-electron chi connectivity index (χ1n) is 8.93. The number of quaternary nitrogens is 1. The normalized spacial score (nSPS) is 29.0. The zero-order valence-corrected chi connectivity index (χ0v) is 15.3. The van der Waals surface area contributed by atoms with Crippen LogP contribution in [0.15, 0.2) is 0 Å². The van der Waals surface area contributed by atoms with Gasteiger partial charge in [0.15, 0.2) is 6.04 Å². The number of cyclic esters (lactones) is 1. The van der Waals surface area contributed by atoms with E-state index in [1.165, 1.54) is 0 Å². The van der Waals surface area contributed by atoms with E-state index in [1.807, 2.05) is 13.8 Å². The van der Waals surface area contributed by atoms with E-state index in [0.29, 0.717) is 25.4 Å². The van der Waals surface area contributed by atoms with Crippen molar-refractivity contribution in [2.75, 3.05) is 13.2 Å². The van der Waals surface area contributed by atoms with E-state index in [1.54, 1.807) is 6.92 Å². The van der Waals surface area contributed by atoms with Crippen molar-refractivity contribution in [1.29, 1.82) is 0 Å². The first-order chi connectivity index (χ1) is 11.6. The maximum Gasteiger partial charge on any atom is 0.389 e. The third-order valence-corrected chi connectivity index (χ3v) is 4.06. The minimum Gasteiger partial charge on any atom is -0.455 e. The zero-order valence-electron chi connectivity index (χ0n) is 15.3. The van der Waals surface area contributed by atoms with Gasteiger partial charge in [-0.25, -0.2) is 4.79 Å². The molecule has 0 aromatic rings. The minimum atomic E-state index is -4.20. The highest BCUT2D eigenvalue weighted by molar-refractivity contribution is 5.74. The maximum absolute atomic E-state index is 12.3. The summed E-state index contributed by atoms with van der Waals surface area (Å²) in [6.45, 7) is 6.19. The Labute approximate surface area is 147 Å². The first kappa shape index (κ1) is 22.2. The van der Waals surface area contributed by atoms with Crippen LogP contribution in [0.1, 0.15) is 52.9 Å². The summed E-state index contributed by atoms with van der Waals surface area (Å²) in [5.74, 6) is -0.0853. The van der Waals surface area contributed by atoms with Gasteiger partial charge in [-0.15, -0.1) is 0 Å². The van der Waals surface area contributed by atoms with Crippen LogP contribution in [0, 0.1) is 5.92 Å². The van der Waals surface area contributed by atoms with E-state index in [4.69, 9.17) is 14.2 Å². The van der Waals surface area contributed by atoms with E-state index in [2.05, 4.69) is 5.73 Å². The smallest absolute Gasteiger partial charge is 0.389 e. The fourth-order valence-electron chi connectivity index (χ4n) is 2.73. The highest BCUT2D eigenvalue weighted by Gasteiger charge is 2.35. The van der Waals surface area contributed by atoms with Crippen LogP contribution in [0.2, 0.25) is 0 Å². The lowest BCUT2D eigenvalue weighted by molar-refractivity contribution is -0.410. The molecule has 1 saturated heterocycles. The summed E-state index contributed by atoms with van der Waals surface area (Å²) in [4.78, 5) is 12.0. The summed E-state index contributed by atoms with van der Waals surface area (Å²) in [5.41, 5.74) is 3.80. The number of carbonyl (C=O) groups is 1. The van der Waals surface area contributed by atoms with E-state index >= 15 is 0 Å². The van der Waals surface area contributed by atoms with Crippen LogP contribution in [0.5, 0.6) is 0 Å². The van der Waals surface area contributed by atoms with Gasteiger partial charge in [-0.3, -0.25) is 0 Å². The monoisotopic (exact) mass is 370 g/mol. The summed E-state index contributed by atoms with van der Waals surface area (Å²) in [6, 6.07) is -0.447. The van der Waals surface area contributed by atoms with Gasteiger partial charge in [0, 0.05) is 26.1 Å². The molecular formula is C17H31F3NO4+. The van der Waals surface area contributed by atoms with Gasteiger partial charge in [-0.05, 0) is 32.1 Å². The van der Waals surface area contributed by atoms with Crippen molar-refractivity contribution in [2.45, 2.75) is 83.4 Å². The van der Waals surface area contributed by atoms with Gasteiger partial charge in [-0.1, -0.05) is 13.8 Å². The number of halogens is 3. The standard InChI is InChI=1S/C17H30F3NO4/c1-11(2)10-24-14-7-4-6-13(21)16(22)25-12(3)15(14)23-9-5-8-17(18,19)20/h11-15H,4-10,21H2,1-3H3/p+1/t12-,13-,14-,15-/m0/s1. The number of esters is 1. The van der Waals surface area contributed by atoms with Crippen molar-refractivity contribution >= 4 is 5.97 Å². The average Bonchev–Trinajstić information content (AvgIpc) is 2.53. The Morgan fingerprint density at radius 1 is 1.28 bits per heavy atom. The van der Waals surface area contributed by atoms with Crippen LogP contribution >= 0.6 is 0 Å². The molecule has 0 radical (unpaired) electrons. The van der Waals surface area contributed by atoms with Gasteiger partial charge in [0.2, 0.25) is 0 Å². The molecule has 0 spiro atoms. The summed E-state index contributed by atoms with van der Waals surface area (Å²) in [6.07, 6.45) is -4.75. The molecule has 0 aromatic carbocycles. The molecule has 1 aliphatic heterocycles. The summed E-state index contributed by atoms with van der Waals surface area (Å²) in [5, 5.41) is 0. The number of hydrogen-bond acceptors (Lipinski definition) is 4. The Bertz CT molecular complexity index is 404. The Morgan fingerprint density at radius 2 is 1.96 bits per heavy atom. The topological polar surface area (TPSA) is 72.4 Å². The number of carbonyl (C=O) groups excluding carboxylic acids is 1. The molecule has 3 N–H and O–H groups in total. The molecule has 0 amide bonds. The SMILES string of the molecule is CC(C)CO[C@H]1CCC[C@H]([NH3+])C(=O)O[C@@H](C)[C@@H]1OCCCC(F)(F)F. The van der Waals surface area contributed by atoms with Crippen LogP contribution in [0.4, 0.5) is 13.2 Å². The van der Waals surface area contributed by atoms with E-state index in [0.717, 1.165) is 6.42 Å². The molecule has 148 valence electrons. The predicted octanol–water partition coefficient (Wildman–Crippen LogP) is 2.48. The molecule has 0 bridgehead atoms. The lowest BCUT2D eigenvalue weighted by Crippen LogP contribution is -2.65. The second-order valence-electron chi connectivity index (χ2n) is 7.09. The van der Waals surface area contributed by atoms with Crippen molar-refractivity contribution in [2.24, 2.45) is 5.92 Å². The van der Waals surface area contributed by atoms with Crippen LogP contribution in [-0.2, 0) is 19.0 Å². The predicted molar refractivity (Wildman–Crippen MR) is 85.7 cm³/mol. The molecule has 0 aliphatic carbocycles. The van der Waals surface area contributed by atoms with Crippen molar-refractivity contribution in [1.82, 2.24) is 0 Å². The van der Waals surface area contributed by atoms with Gasteiger partial charge in [0.25, 0.3) is 0 Å². The Hall–Kier alpha value is -0.860. The highest BCUT2D eigenvalue weighted by Crippen LogP contribution is 2.24. The van der Waals surface area contributed by atoms with Gasteiger partial charge < -0.3 is 19.9 Å². The van der Waals surface area contributed by atoms with E-state index in [-0.39, 0.29) is 19.1 Å². The number of rotatable bonds is 7. The Balaban J connectivity index is 2.73. The molecule has 1 aliphatic rings. The molecular weight excluding hydrogens is 339 g/mol. The molecule has 1 fully saturated rings. The second kappa shape index (κ2) is 10.3. The quantitative estimate of drug-likeness (QED) is 0.552.